The second-order valence-electron chi connectivity index (χ2n) is 8.12. The number of likely N-dealkylation sites (tertiary alicyclic amines) is 1. The predicted octanol–water partition coefficient (Wildman–Crippen LogP) is 2.60. The van der Waals surface area contributed by atoms with E-state index in [0.29, 0.717) is 17.7 Å². The molecule has 3 atom stereocenters. The molecule has 2 aliphatic carbocycles. The number of carbonyl (C=O) groups excluding carboxylic acids is 1. The SMILES string of the molecule is CN(CC(=O)O)C1CCCN(C(=O)C2CC2C2CCCCC2)CC1. The van der Waals surface area contributed by atoms with Gasteiger partial charge in [-0.25, -0.2) is 0 Å². The van der Waals surface area contributed by atoms with Gasteiger partial charge in [0.05, 0.1) is 6.54 Å². The molecule has 1 N–H and O–H groups in total. The number of hydrogen-bond acceptors (Lipinski definition) is 3. The summed E-state index contributed by atoms with van der Waals surface area (Å²) in [7, 11) is 1.89. The van der Waals surface area contributed by atoms with Crippen molar-refractivity contribution >= 4 is 11.9 Å². The van der Waals surface area contributed by atoms with Crippen LogP contribution >= 0.6 is 0 Å². The van der Waals surface area contributed by atoms with E-state index in [1.807, 2.05) is 11.9 Å². The first-order chi connectivity index (χ1) is 11.6. The minimum atomic E-state index is -0.775. The van der Waals surface area contributed by atoms with E-state index in [1.165, 1.54) is 32.1 Å². The van der Waals surface area contributed by atoms with Gasteiger partial charge in [0.25, 0.3) is 0 Å². The van der Waals surface area contributed by atoms with Crippen molar-refractivity contribution in [3.8, 4) is 0 Å². The van der Waals surface area contributed by atoms with Gasteiger partial charge >= 0.3 is 5.97 Å². The number of nitrogens with zero attached hydrogens (tertiary/aromatic N) is 2. The highest BCUT2D eigenvalue weighted by molar-refractivity contribution is 5.81. The fraction of sp³-hybridized carbons (Fsp3) is 0.895. The van der Waals surface area contributed by atoms with Crippen molar-refractivity contribution in [2.24, 2.45) is 17.8 Å². The molecule has 0 aromatic rings. The van der Waals surface area contributed by atoms with Gasteiger partial charge in [-0.15, -0.1) is 0 Å². The van der Waals surface area contributed by atoms with Crippen LogP contribution in [-0.2, 0) is 9.59 Å². The van der Waals surface area contributed by atoms with Crippen molar-refractivity contribution in [3.05, 3.63) is 0 Å². The summed E-state index contributed by atoms with van der Waals surface area (Å²) in [5.74, 6) is 1.36. The summed E-state index contributed by atoms with van der Waals surface area (Å²) in [5.41, 5.74) is 0. The van der Waals surface area contributed by atoms with Gasteiger partial charge in [-0.2, -0.15) is 0 Å². The molecule has 136 valence electrons. The van der Waals surface area contributed by atoms with Gasteiger partial charge in [0.1, 0.15) is 0 Å². The molecule has 0 bridgehead atoms. The number of hydrogen-bond donors (Lipinski definition) is 1. The van der Waals surface area contributed by atoms with Crippen molar-refractivity contribution in [2.45, 2.75) is 63.8 Å². The summed E-state index contributed by atoms with van der Waals surface area (Å²) in [4.78, 5) is 27.7. The number of amides is 1. The Kier molecular flexibility index (Phi) is 5.80. The van der Waals surface area contributed by atoms with E-state index in [0.717, 1.165) is 44.7 Å². The molecule has 1 saturated heterocycles. The number of rotatable bonds is 5. The summed E-state index contributed by atoms with van der Waals surface area (Å²) in [6, 6.07) is 0.284. The molecule has 3 rings (SSSR count). The minimum absolute atomic E-state index is 0.0883. The zero-order valence-electron chi connectivity index (χ0n) is 15.0. The van der Waals surface area contributed by atoms with E-state index in [9.17, 15) is 9.59 Å². The van der Waals surface area contributed by atoms with Crippen molar-refractivity contribution in [1.29, 1.82) is 0 Å². The van der Waals surface area contributed by atoms with Crippen LogP contribution in [0.3, 0.4) is 0 Å². The van der Waals surface area contributed by atoms with E-state index in [-0.39, 0.29) is 12.6 Å². The highest BCUT2D eigenvalue weighted by Crippen LogP contribution is 2.50. The summed E-state index contributed by atoms with van der Waals surface area (Å²) < 4.78 is 0. The third-order valence-corrected chi connectivity index (χ3v) is 6.43. The summed E-state index contributed by atoms with van der Waals surface area (Å²) in [5, 5.41) is 8.95. The zero-order chi connectivity index (χ0) is 17.1. The highest BCUT2D eigenvalue weighted by Gasteiger charge is 2.48. The Hall–Kier alpha value is -1.10. The normalized spacial score (nSPS) is 31.8. The molecule has 1 aliphatic heterocycles. The molecule has 5 nitrogen and oxygen atoms in total. The second-order valence-corrected chi connectivity index (χ2v) is 8.12. The van der Waals surface area contributed by atoms with Crippen LogP contribution in [0.5, 0.6) is 0 Å². The lowest BCUT2D eigenvalue weighted by Gasteiger charge is -2.26. The molecule has 2 saturated carbocycles. The topological polar surface area (TPSA) is 60.9 Å². The summed E-state index contributed by atoms with van der Waals surface area (Å²) in [6.45, 7) is 1.73. The Morgan fingerprint density at radius 1 is 1.04 bits per heavy atom. The third-order valence-electron chi connectivity index (χ3n) is 6.43. The maximum atomic E-state index is 12.8. The van der Waals surface area contributed by atoms with Gasteiger partial charge in [-0.05, 0) is 44.6 Å². The van der Waals surface area contributed by atoms with Crippen molar-refractivity contribution in [3.63, 3.8) is 0 Å². The van der Waals surface area contributed by atoms with E-state index >= 15 is 0 Å². The first kappa shape index (κ1) is 17.7. The zero-order valence-corrected chi connectivity index (χ0v) is 15.0. The van der Waals surface area contributed by atoms with Crippen molar-refractivity contribution in [2.75, 3.05) is 26.7 Å². The van der Waals surface area contributed by atoms with Crippen molar-refractivity contribution < 1.29 is 14.7 Å². The molecule has 5 heteroatoms. The molecular formula is C19H32N2O3. The molecule has 0 spiro atoms. The van der Waals surface area contributed by atoms with Gasteiger partial charge in [0.15, 0.2) is 0 Å². The van der Waals surface area contributed by atoms with Gasteiger partial charge in [-0.3, -0.25) is 14.5 Å². The van der Waals surface area contributed by atoms with Crippen LogP contribution < -0.4 is 0 Å². The number of likely N-dealkylation sites (N-methyl/N-ethyl adjacent to an activating group) is 1. The second kappa shape index (κ2) is 7.85. The Labute approximate surface area is 145 Å². The average molecular weight is 336 g/mol. The van der Waals surface area contributed by atoms with Gasteiger partial charge < -0.3 is 10.0 Å². The molecule has 1 heterocycles. The molecule has 24 heavy (non-hydrogen) atoms. The lowest BCUT2D eigenvalue weighted by molar-refractivity contribution is -0.138. The molecule has 0 aromatic heterocycles. The molecule has 3 unspecified atom stereocenters. The molecule has 3 fully saturated rings. The highest BCUT2D eigenvalue weighted by atomic mass is 16.4. The number of aliphatic carboxylic acids is 1. The van der Waals surface area contributed by atoms with Crippen LogP contribution in [-0.4, -0.2) is 59.5 Å². The Morgan fingerprint density at radius 3 is 2.50 bits per heavy atom. The third kappa shape index (κ3) is 4.29. The fourth-order valence-electron chi connectivity index (χ4n) is 4.90. The van der Waals surface area contributed by atoms with Crippen LogP contribution in [0.1, 0.15) is 57.8 Å². The lowest BCUT2D eigenvalue weighted by atomic mass is 9.85. The van der Waals surface area contributed by atoms with Crippen molar-refractivity contribution in [1.82, 2.24) is 9.80 Å². The quantitative estimate of drug-likeness (QED) is 0.838. The van der Waals surface area contributed by atoms with Gasteiger partial charge in [0.2, 0.25) is 5.91 Å². The summed E-state index contributed by atoms with van der Waals surface area (Å²) >= 11 is 0. The summed E-state index contributed by atoms with van der Waals surface area (Å²) in [6.07, 6.45) is 10.7. The molecule has 3 aliphatic rings. The average Bonchev–Trinajstić information content (AvgIpc) is 3.38. The van der Waals surface area contributed by atoms with E-state index in [2.05, 4.69) is 4.90 Å². The first-order valence-electron chi connectivity index (χ1n) is 9.77. The molecule has 0 radical (unpaired) electrons. The molecule has 0 aromatic carbocycles. The number of carboxylic acid groups (broad SMARTS) is 1. The smallest absolute Gasteiger partial charge is 0.317 e. The predicted molar refractivity (Wildman–Crippen MR) is 92.7 cm³/mol. The standard InChI is InChI=1S/C19H32N2O3/c1-20(13-18(22)23)15-8-5-10-21(11-9-15)19(24)17-12-16(17)14-6-3-2-4-7-14/h14-17H,2-13H2,1H3,(H,22,23). The molecule has 1 amide bonds. The first-order valence-corrected chi connectivity index (χ1v) is 9.77. The van der Waals surface area contributed by atoms with E-state index in [4.69, 9.17) is 5.11 Å². The van der Waals surface area contributed by atoms with Crippen LogP contribution in [0.2, 0.25) is 0 Å². The fourth-order valence-corrected chi connectivity index (χ4v) is 4.90. The van der Waals surface area contributed by atoms with E-state index < -0.39 is 5.97 Å². The van der Waals surface area contributed by atoms with Crippen LogP contribution in [0.25, 0.3) is 0 Å². The largest absolute Gasteiger partial charge is 0.480 e. The van der Waals surface area contributed by atoms with Crippen LogP contribution in [0, 0.1) is 17.8 Å². The van der Waals surface area contributed by atoms with Crippen LogP contribution in [0.15, 0.2) is 0 Å². The Morgan fingerprint density at radius 2 is 1.79 bits per heavy atom. The van der Waals surface area contributed by atoms with Crippen LogP contribution in [0.4, 0.5) is 0 Å². The minimum Gasteiger partial charge on any atom is -0.480 e. The molecular weight excluding hydrogens is 304 g/mol. The van der Waals surface area contributed by atoms with E-state index in [1.54, 1.807) is 0 Å². The Bertz CT molecular complexity index is 462. The van der Waals surface area contributed by atoms with Gasteiger partial charge in [0, 0.05) is 25.0 Å². The maximum Gasteiger partial charge on any atom is 0.317 e. The van der Waals surface area contributed by atoms with Gasteiger partial charge in [-0.1, -0.05) is 32.1 Å². The lowest BCUT2D eigenvalue weighted by Crippen LogP contribution is -2.38. The Balaban J connectivity index is 1.47. The maximum absolute atomic E-state index is 12.8. The number of carboxylic acids is 1. The number of carbonyl (C=O) groups is 2. The monoisotopic (exact) mass is 336 g/mol.